The highest BCUT2D eigenvalue weighted by atomic mass is 79.9. The summed E-state index contributed by atoms with van der Waals surface area (Å²) in [6.45, 7) is 1.60. The van der Waals surface area contributed by atoms with Gasteiger partial charge in [0.2, 0.25) is 0 Å². The first-order valence-electron chi connectivity index (χ1n) is 9.12. The van der Waals surface area contributed by atoms with E-state index in [1.54, 1.807) is 19.1 Å². The molecule has 0 atom stereocenters. The Labute approximate surface area is 200 Å². The molecule has 0 aliphatic rings. The van der Waals surface area contributed by atoms with Crippen LogP contribution in [0.25, 0.3) is 5.82 Å². The average Bonchev–Trinajstić information content (AvgIpc) is 3.15. The van der Waals surface area contributed by atoms with Crippen molar-refractivity contribution >= 4 is 51.1 Å². The van der Waals surface area contributed by atoms with E-state index in [0.29, 0.717) is 10.2 Å². The van der Waals surface area contributed by atoms with Crippen molar-refractivity contribution in [2.45, 2.75) is 6.92 Å². The predicted molar refractivity (Wildman–Crippen MR) is 121 cm³/mol. The largest absolute Gasteiger partial charge is 0.464 e. The zero-order valence-corrected chi connectivity index (χ0v) is 19.5. The van der Waals surface area contributed by atoms with Crippen molar-refractivity contribution in [3.63, 3.8) is 0 Å². The summed E-state index contributed by atoms with van der Waals surface area (Å²) in [6, 6.07) is 9.34. The molecular weight excluding hydrogens is 518 g/mol. The number of anilines is 1. The molecule has 3 amide bonds. The Morgan fingerprint density at radius 1 is 1.30 bits per heavy atom. The lowest BCUT2D eigenvalue weighted by Crippen LogP contribution is -2.43. The van der Waals surface area contributed by atoms with Gasteiger partial charge in [-0.15, -0.1) is 0 Å². The van der Waals surface area contributed by atoms with E-state index >= 15 is 0 Å². The lowest BCUT2D eigenvalue weighted by Gasteiger charge is -2.20. The van der Waals surface area contributed by atoms with Gasteiger partial charge in [0.25, 0.3) is 11.8 Å². The van der Waals surface area contributed by atoms with Crippen molar-refractivity contribution in [3.8, 4) is 11.9 Å². The molecule has 2 heterocycles. The number of aromatic nitrogens is 3. The third-order valence-electron chi connectivity index (χ3n) is 4.35. The molecule has 33 heavy (non-hydrogen) atoms. The van der Waals surface area contributed by atoms with Gasteiger partial charge in [-0.1, -0.05) is 11.6 Å². The fraction of sp³-hybridized carbons (Fsp3) is 0.100. The van der Waals surface area contributed by atoms with Gasteiger partial charge in [0.05, 0.1) is 27.9 Å². The second kappa shape index (κ2) is 9.68. The number of carboxylic acid groups (broad SMARTS) is 1. The molecule has 3 aromatic rings. The molecule has 0 radical (unpaired) electrons. The Balaban J connectivity index is 2.05. The summed E-state index contributed by atoms with van der Waals surface area (Å²) < 4.78 is 1.58. The SMILES string of the molecule is Cc1cc(C#N)cc(C(=O)N(C)NC(=O)O)c1NC(=O)c1cc(Br)nn1-c1ncccc1Cl. The number of amides is 3. The minimum absolute atomic E-state index is 0.0571. The first-order valence-corrected chi connectivity index (χ1v) is 10.3. The number of pyridine rings is 1. The van der Waals surface area contributed by atoms with Gasteiger partial charge < -0.3 is 10.4 Å². The van der Waals surface area contributed by atoms with Crippen LogP contribution in [0.3, 0.4) is 0 Å². The average molecular weight is 533 g/mol. The number of halogens is 2. The molecule has 1 aromatic carbocycles. The number of nitriles is 1. The normalized spacial score (nSPS) is 10.3. The Hall–Kier alpha value is -3.95. The maximum absolute atomic E-state index is 13.2. The molecule has 3 N–H and O–H groups in total. The molecular formula is C20H15BrClN7O4. The Bertz CT molecular complexity index is 1320. The number of carbonyl (C=O) groups excluding carboxylic acids is 2. The van der Waals surface area contributed by atoms with Gasteiger partial charge in [-0.25, -0.2) is 19.9 Å². The fourth-order valence-corrected chi connectivity index (χ4v) is 3.52. The topological polar surface area (TPSA) is 153 Å². The van der Waals surface area contributed by atoms with Crippen LogP contribution in [0.1, 0.15) is 32.0 Å². The van der Waals surface area contributed by atoms with E-state index in [0.717, 1.165) is 5.01 Å². The maximum Gasteiger partial charge on any atom is 0.423 e. The Morgan fingerprint density at radius 2 is 2.03 bits per heavy atom. The number of nitrogens with one attached hydrogen (secondary N) is 2. The van der Waals surface area contributed by atoms with Crippen LogP contribution < -0.4 is 10.7 Å². The van der Waals surface area contributed by atoms with Crippen LogP contribution in [0.5, 0.6) is 0 Å². The van der Waals surface area contributed by atoms with Crippen molar-refractivity contribution < 1.29 is 19.5 Å². The molecule has 0 spiro atoms. The van der Waals surface area contributed by atoms with Gasteiger partial charge in [0.15, 0.2) is 5.82 Å². The van der Waals surface area contributed by atoms with Crippen molar-refractivity contribution in [2.24, 2.45) is 0 Å². The van der Waals surface area contributed by atoms with Crippen molar-refractivity contribution in [3.05, 3.63) is 68.5 Å². The number of benzene rings is 1. The zero-order chi connectivity index (χ0) is 24.3. The van der Waals surface area contributed by atoms with E-state index < -0.39 is 17.9 Å². The van der Waals surface area contributed by atoms with E-state index in [9.17, 15) is 19.6 Å². The van der Waals surface area contributed by atoms with Gasteiger partial charge in [-0.05, 0) is 52.7 Å². The minimum Gasteiger partial charge on any atom is -0.464 e. The van der Waals surface area contributed by atoms with Crippen molar-refractivity contribution in [2.75, 3.05) is 12.4 Å². The lowest BCUT2D eigenvalue weighted by atomic mass is 10.0. The van der Waals surface area contributed by atoms with E-state index in [-0.39, 0.29) is 33.3 Å². The molecule has 168 valence electrons. The number of hydrogen-bond acceptors (Lipinski definition) is 6. The van der Waals surface area contributed by atoms with Crippen molar-refractivity contribution in [1.29, 1.82) is 5.26 Å². The number of nitrogens with zero attached hydrogens (tertiary/aromatic N) is 5. The standard InChI is InChI=1S/C20H15BrClN7O4/c1-10-6-11(9-23)7-12(19(31)28(2)27-20(32)33)16(10)25-18(30)14-8-15(21)26-29(14)17-13(22)4-3-5-24-17/h3-8,27H,1-2H3,(H,25,30)(H,32,33). The summed E-state index contributed by atoms with van der Waals surface area (Å²) in [7, 11) is 1.20. The smallest absolute Gasteiger partial charge is 0.423 e. The van der Waals surface area contributed by atoms with E-state index in [1.165, 1.54) is 36.1 Å². The van der Waals surface area contributed by atoms with Gasteiger partial charge in [0.1, 0.15) is 10.3 Å². The summed E-state index contributed by atoms with van der Waals surface area (Å²) >= 11 is 9.43. The zero-order valence-electron chi connectivity index (χ0n) is 17.1. The van der Waals surface area contributed by atoms with Crippen molar-refractivity contribution in [1.82, 2.24) is 25.2 Å². The van der Waals surface area contributed by atoms with Crippen LogP contribution in [0.2, 0.25) is 5.02 Å². The summed E-state index contributed by atoms with van der Waals surface area (Å²) in [5.74, 6) is -1.21. The summed E-state index contributed by atoms with van der Waals surface area (Å²) in [4.78, 5) is 41.1. The molecule has 0 unspecified atom stereocenters. The second-order valence-electron chi connectivity index (χ2n) is 6.64. The highest BCUT2D eigenvalue weighted by Crippen LogP contribution is 2.26. The second-order valence-corrected chi connectivity index (χ2v) is 7.86. The van der Waals surface area contributed by atoms with E-state index in [2.05, 4.69) is 31.3 Å². The molecule has 0 bridgehead atoms. The number of hydrogen-bond donors (Lipinski definition) is 3. The minimum atomic E-state index is -1.45. The van der Waals surface area contributed by atoms with Gasteiger partial charge in [-0.3, -0.25) is 14.6 Å². The third kappa shape index (κ3) is 5.11. The molecule has 13 heteroatoms. The molecule has 0 fully saturated rings. The first kappa shape index (κ1) is 23.7. The molecule has 0 saturated heterocycles. The number of hydrazine groups is 1. The first-order chi connectivity index (χ1) is 15.6. The summed E-state index contributed by atoms with van der Waals surface area (Å²) in [6.07, 6.45) is 0.0382. The molecule has 3 rings (SSSR count). The van der Waals surface area contributed by atoms with Crippen LogP contribution in [-0.4, -0.2) is 49.8 Å². The highest BCUT2D eigenvalue weighted by Gasteiger charge is 2.24. The lowest BCUT2D eigenvalue weighted by molar-refractivity contribution is 0.0706. The highest BCUT2D eigenvalue weighted by molar-refractivity contribution is 9.10. The van der Waals surface area contributed by atoms with Gasteiger partial charge in [0, 0.05) is 19.3 Å². The van der Waals surface area contributed by atoms with Gasteiger partial charge >= 0.3 is 6.09 Å². The summed E-state index contributed by atoms with van der Waals surface area (Å²) in [5, 5.41) is 26.0. The van der Waals surface area contributed by atoms with Crippen LogP contribution in [0.4, 0.5) is 10.5 Å². The van der Waals surface area contributed by atoms with Crippen LogP contribution in [0, 0.1) is 18.3 Å². The molecule has 11 nitrogen and oxygen atoms in total. The fourth-order valence-electron chi connectivity index (χ4n) is 2.95. The molecule has 0 saturated carbocycles. The van der Waals surface area contributed by atoms with Gasteiger partial charge in [-0.2, -0.15) is 10.4 Å². The molecule has 2 aromatic heterocycles. The quantitative estimate of drug-likeness (QED) is 0.435. The monoisotopic (exact) mass is 531 g/mol. The third-order valence-corrected chi connectivity index (χ3v) is 5.04. The molecule has 0 aliphatic carbocycles. The van der Waals surface area contributed by atoms with Crippen LogP contribution >= 0.6 is 27.5 Å². The van der Waals surface area contributed by atoms with Crippen LogP contribution in [0.15, 0.2) is 41.1 Å². The van der Waals surface area contributed by atoms with E-state index in [4.69, 9.17) is 16.7 Å². The molecule has 0 aliphatic heterocycles. The summed E-state index contributed by atoms with van der Waals surface area (Å²) in [5.41, 5.74) is 2.55. The number of carbonyl (C=O) groups is 3. The van der Waals surface area contributed by atoms with Crippen LogP contribution in [-0.2, 0) is 0 Å². The number of aryl methyl sites for hydroxylation is 1. The maximum atomic E-state index is 13.2. The predicted octanol–water partition coefficient (Wildman–Crippen LogP) is 3.37. The number of rotatable bonds is 4. The van der Waals surface area contributed by atoms with E-state index in [1.807, 2.05) is 11.5 Å². The Morgan fingerprint density at radius 3 is 2.67 bits per heavy atom. The Kier molecular flexibility index (Phi) is 6.95.